The number of thioether (sulfide) groups is 1. The standard InChI is InChI=1S/C20H15ClFN5O2S2/c21-18-10(12-3-4-13(22)30-12)1-2-11-19(18)31-17(24-11)8-16-27-26-15(29-16)7-14(28)25-20(9-23)5-6-20/h1-2,4,12H,3,5-8H2,(H,25,28). The molecule has 1 fully saturated rings. The number of thiazole rings is 1. The van der Waals surface area contributed by atoms with Crippen LogP contribution in [0.1, 0.15) is 46.9 Å². The Balaban J connectivity index is 1.28. The molecule has 3 aromatic rings. The summed E-state index contributed by atoms with van der Waals surface area (Å²) < 4.78 is 19.9. The summed E-state index contributed by atoms with van der Waals surface area (Å²) in [5.41, 5.74) is 0.934. The van der Waals surface area contributed by atoms with Gasteiger partial charge in [0.15, 0.2) is 5.16 Å². The number of amides is 1. The zero-order valence-electron chi connectivity index (χ0n) is 16.0. The number of benzene rings is 1. The molecule has 0 radical (unpaired) electrons. The lowest BCUT2D eigenvalue weighted by atomic mass is 10.1. The average molecular weight is 476 g/mol. The fourth-order valence-electron chi connectivity index (χ4n) is 3.37. The quantitative estimate of drug-likeness (QED) is 0.554. The summed E-state index contributed by atoms with van der Waals surface area (Å²) >= 11 is 9.22. The molecule has 2 aliphatic rings. The average Bonchev–Trinajstić information content (AvgIpc) is 3.07. The summed E-state index contributed by atoms with van der Waals surface area (Å²) in [7, 11) is 0. The number of halogens is 2. The van der Waals surface area contributed by atoms with Gasteiger partial charge < -0.3 is 9.73 Å². The Hall–Kier alpha value is -2.48. The van der Waals surface area contributed by atoms with Crippen LogP contribution >= 0.6 is 34.7 Å². The van der Waals surface area contributed by atoms with Crippen LogP contribution in [0, 0.1) is 11.3 Å². The van der Waals surface area contributed by atoms with Gasteiger partial charge in [-0.2, -0.15) is 9.65 Å². The van der Waals surface area contributed by atoms with Gasteiger partial charge in [-0.05, 0) is 37.0 Å². The molecule has 0 bridgehead atoms. The predicted octanol–water partition coefficient (Wildman–Crippen LogP) is 4.63. The van der Waals surface area contributed by atoms with Gasteiger partial charge in [0.2, 0.25) is 17.7 Å². The van der Waals surface area contributed by atoms with Crippen LogP contribution in [0.5, 0.6) is 0 Å². The Morgan fingerprint density at radius 3 is 2.90 bits per heavy atom. The molecule has 0 spiro atoms. The van der Waals surface area contributed by atoms with E-state index in [0.717, 1.165) is 20.8 Å². The number of carbonyl (C=O) groups excluding carboxylic acids is 1. The van der Waals surface area contributed by atoms with Crippen molar-refractivity contribution in [2.75, 3.05) is 0 Å². The Bertz CT molecular complexity index is 1260. The summed E-state index contributed by atoms with van der Waals surface area (Å²) in [5.74, 6) is 0.219. The van der Waals surface area contributed by atoms with Crippen molar-refractivity contribution in [3.63, 3.8) is 0 Å². The molecule has 1 aliphatic heterocycles. The number of aromatic nitrogens is 3. The molecule has 1 aliphatic carbocycles. The molecule has 5 rings (SSSR count). The van der Waals surface area contributed by atoms with Gasteiger partial charge in [0.1, 0.15) is 17.0 Å². The Kier molecular flexibility index (Phi) is 5.20. The monoisotopic (exact) mass is 475 g/mol. The van der Waals surface area contributed by atoms with Crippen molar-refractivity contribution in [3.05, 3.63) is 50.7 Å². The van der Waals surface area contributed by atoms with Gasteiger partial charge in [0, 0.05) is 5.25 Å². The first kappa shape index (κ1) is 20.4. The molecule has 2 aromatic heterocycles. The first-order valence-corrected chi connectivity index (χ1v) is 11.7. The van der Waals surface area contributed by atoms with Crippen LogP contribution in [0.2, 0.25) is 5.02 Å². The Labute approximate surface area is 189 Å². The number of nitrogens with zero attached hydrogens (tertiary/aromatic N) is 4. The molecule has 1 N–H and O–H groups in total. The minimum Gasteiger partial charge on any atom is -0.424 e. The molecule has 0 saturated heterocycles. The second-order valence-corrected chi connectivity index (χ2v) is 10.1. The van der Waals surface area contributed by atoms with E-state index in [1.54, 1.807) is 6.08 Å². The molecule has 1 amide bonds. The topological polar surface area (TPSA) is 105 Å². The normalized spacial score (nSPS) is 19.3. The van der Waals surface area contributed by atoms with Gasteiger partial charge in [-0.15, -0.1) is 21.5 Å². The van der Waals surface area contributed by atoms with Crippen molar-refractivity contribution in [1.82, 2.24) is 20.5 Å². The second-order valence-electron chi connectivity index (χ2n) is 7.46. The molecular weight excluding hydrogens is 461 g/mol. The highest BCUT2D eigenvalue weighted by Crippen LogP contribution is 2.48. The molecule has 1 saturated carbocycles. The number of hydrogen-bond donors (Lipinski definition) is 1. The first-order valence-electron chi connectivity index (χ1n) is 9.58. The lowest BCUT2D eigenvalue weighted by molar-refractivity contribution is -0.121. The zero-order valence-corrected chi connectivity index (χ0v) is 18.4. The fraction of sp³-hybridized carbons (Fsp3) is 0.350. The molecule has 7 nitrogen and oxygen atoms in total. The second kappa shape index (κ2) is 7.89. The van der Waals surface area contributed by atoms with E-state index in [0.29, 0.717) is 36.6 Å². The van der Waals surface area contributed by atoms with Crippen molar-refractivity contribution < 1.29 is 13.6 Å². The van der Waals surface area contributed by atoms with Crippen LogP contribution in [0.25, 0.3) is 10.2 Å². The van der Waals surface area contributed by atoms with E-state index in [4.69, 9.17) is 21.3 Å². The van der Waals surface area contributed by atoms with E-state index < -0.39 is 5.54 Å². The molecule has 3 heterocycles. The van der Waals surface area contributed by atoms with Gasteiger partial charge in [-0.25, -0.2) is 4.98 Å². The van der Waals surface area contributed by atoms with Gasteiger partial charge in [0.25, 0.3) is 0 Å². The Morgan fingerprint density at radius 1 is 1.39 bits per heavy atom. The summed E-state index contributed by atoms with van der Waals surface area (Å²) in [5, 5.41) is 20.8. The lowest BCUT2D eigenvalue weighted by Crippen LogP contribution is -2.36. The van der Waals surface area contributed by atoms with Crippen molar-refractivity contribution in [1.29, 1.82) is 5.26 Å². The van der Waals surface area contributed by atoms with Gasteiger partial charge in [-0.3, -0.25) is 4.79 Å². The Morgan fingerprint density at radius 2 is 2.19 bits per heavy atom. The predicted molar refractivity (Wildman–Crippen MR) is 115 cm³/mol. The van der Waals surface area contributed by atoms with Crippen LogP contribution in [-0.4, -0.2) is 26.6 Å². The van der Waals surface area contributed by atoms with E-state index in [1.165, 1.54) is 23.1 Å². The minimum atomic E-state index is -0.724. The number of fused-ring (bicyclic) bond motifs is 1. The van der Waals surface area contributed by atoms with E-state index in [9.17, 15) is 9.18 Å². The van der Waals surface area contributed by atoms with Gasteiger partial charge in [0.05, 0.1) is 27.7 Å². The maximum atomic E-state index is 13.4. The van der Waals surface area contributed by atoms with Crippen LogP contribution in [0.3, 0.4) is 0 Å². The van der Waals surface area contributed by atoms with E-state index in [1.807, 2.05) is 12.1 Å². The van der Waals surface area contributed by atoms with Crippen molar-refractivity contribution in [2.45, 2.75) is 42.9 Å². The molecular formula is C20H15ClFN5O2S2. The third kappa shape index (κ3) is 4.18. The lowest BCUT2D eigenvalue weighted by Gasteiger charge is -2.11. The molecule has 1 aromatic carbocycles. The smallest absolute Gasteiger partial charge is 0.230 e. The zero-order chi connectivity index (χ0) is 21.6. The summed E-state index contributed by atoms with van der Waals surface area (Å²) in [6.45, 7) is 0. The molecule has 158 valence electrons. The van der Waals surface area contributed by atoms with Crippen LogP contribution in [0.15, 0.2) is 27.8 Å². The first-order chi connectivity index (χ1) is 14.9. The number of allylic oxidation sites excluding steroid dienone is 1. The third-order valence-corrected chi connectivity index (χ3v) is 7.86. The van der Waals surface area contributed by atoms with Crippen molar-refractivity contribution in [3.8, 4) is 6.07 Å². The maximum absolute atomic E-state index is 13.4. The molecule has 1 unspecified atom stereocenters. The van der Waals surface area contributed by atoms with Gasteiger partial charge in [-0.1, -0.05) is 29.4 Å². The summed E-state index contributed by atoms with van der Waals surface area (Å²) in [6, 6.07) is 5.90. The minimum absolute atomic E-state index is 0.0251. The van der Waals surface area contributed by atoms with E-state index in [-0.39, 0.29) is 28.6 Å². The number of carbonyl (C=O) groups is 1. The van der Waals surface area contributed by atoms with Crippen LogP contribution < -0.4 is 5.32 Å². The third-order valence-electron chi connectivity index (χ3n) is 5.13. The number of rotatable bonds is 6. The SMILES string of the molecule is N#CC1(NC(=O)Cc2nnc(Cc3nc4ccc(C5CC=C(F)S5)c(Cl)c4s3)o2)CC1. The molecule has 31 heavy (non-hydrogen) atoms. The largest absolute Gasteiger partial charge is 0.424 e. The highest BCUT2D eigenvalue weighted by molar-refractivity contribution is 8.03. The molecule has 1 atom stereocenters. The van der Waals surface area contributed by atoms with Crippen molar-refractivity contribution >= 4 is 50.8 Å². The van der Waals surface area contributed by atoms with Gasteiger partial charge >= 0.3 is 0 Å². The van der Waals surface area contributed by atoms with Crippen LogP contribution in [-0.2, 0) is 17.6 Å². The van der Waals surface area contributed by atoms with Crippen molar-refractivity contribution in [2.24, 2.45) is 0 Å². The maximum Gasteiger partial charge on any atom is 0.230 e. The highest BCUT2D eigenvalue weighted by Gasteiger charge is 2.44. The fourth-order valence-corrected chi connectivity index (χ4v) is 5.82. The van der Waals surface area contributed by atoms with E-state index in [2.05, 4.69) is 26.6 Å². The highest BCUT2D eigenvalue weighted by atomic mass is 35.5. The molecule has 11 heteroatoms. The number of hydrogen-bond acceptors (Lipinski definition) is 8. The van der Waals surface area contributed by atoms with E-state index >= 15 is 0 Å². The number of nitriles is 1. The number of nitrogens with one attached hydrogen (secondary N) is 1. The van der Waals surface area contributed by atoms with Crippen LogP contribution in [0.4, 0.5) is 4.39 Å². The summed E-state index contributed by atoms with van der Waals surface area (Å²) in [4.78, 5) is 16.7. The summed E-state index contributed by atoms with van der Waals surface area (Å²) in [6.07, 6.45) is 3.76.